The van der Waals surface area contributed by atoms with Crippen LogP contribution in [0.2, 0.25) is 0 Å². The lowest BCUT2D eigenvalue weighted by atomic mass is 10.0. The van der Waals surface area contributed by atoms with Crippen molar-refractivity contribution in [3.05, 3.63) is 29.6 Å². The SMILES string of the molecule is CCC(C)(C)NC(=O)c1cncc(C#CCCO)c1. The number of pyridine rings is 1. The average Bonchev–Trinajstić information content (AvgIpc) is 2.39. The molecule has 1 amide bonds. The summed E-state index contributed by atoms with van der Waals surface area (Å²) >= 11 is 0. The van der Waals surface area contributed by atoms with Gasteiger partial charge in [-0.1, -0.05) is 18.8 Å². The number of aromatic nitrogens is 1. The van der Waals surface area contributed by atoms with Crippen molar-refractivity contribution in [1.29, 1.82) is 0 Å². The number of amides is 1. The molecule has 4 nitrogen and oxygen atoms in total. The summed E-state index contributed by atoms with van der Waals surface area (Å²) in [7, 11) is 0. The van der Waals surface area contributed by atoms with Crippen LogP contribution in [0.4, 0.5) is 0 Å². The Morgan fingerprint density at radius 1 is 1.47 bits per heavy atom. The molecule has 0 aliphatic heterocycles. The van der Waals surface area contributed by atoms with Crippen LogP contribution in [-0.2, 0) is 0 Å². The van der Waals surface area contributed by atoms with Gasteiger partial charge in [0.05, 0.1) is 12.2 Å². The summed E-state index contributed by atoms with van der Waals surface area (Å²) in [6.45, 7) is 6.01. The molecule has 1 rings (SSSR count). The van der Waals surface area contributed by atoms with Gasteiger partial charge in [0, 0.05) is 29.9 Å². The molecule has 1 aromatic rings. The number of hydrogen-bond donors (Lipinski definition) is 2. The summed E-state index contributed by atoms with van der Waals surface area (Å²) in [6.07, 6.45) is 4.39. The number of aliphatic hydroxyl groups is 1. The Labute approximate surface area is 114 Å². The quantitative estimate of drug-likeness (QED) is 0.810. The smallest absolute Gasteiger partial charge is 0.253 e. The lowest BCUT2D eigenvalue weighted by Crippen LogP contribution is -2.42. The number of aliphatic hydroxyl groups excluding tert-OH is 1. The summed E-state index contributed by atoms with van der Waals surface area (Å²) in [5.41, 5.74) is 0.933. The van der Waals surface area contributed by atoms with Crippen molar-refractivity contribution in [3.8, 4) is 11.8 Å². The Morgan fingerprint density at radius 3 is 2.84 bits per heavy atom. The number of carbonyl (C=O) groups excluding carboxylic acids is 1. The van der Waals surface area contributed by atoms with Crippen LogP contribution in [0.3, 0.4) is 0 Å². The third-order valence-electron chi connectivity index (χ3n) is 2.81. The van der Waals surface area contributed by atoms with Gasteiger partial charge in [0.1, 0.15) is 0 Å². The molecule has 1 heterocycles. The van der Waals surface area contributed by atoms with E-state index in [0.717, 1.165) is 6.42 Å². The van der Waals surface area contributed by atoms with Crippen LogP contribution < -0.4 is 5.32 Å². The third kappa shape index (κ3) is 5.11. The molecule has 0 radical (unpaired) electrons. The van der Waals surface area contributed by atoms with Crippen LogP contribution in [0.1, 0.15) is 49.5 Å². The highest BCUT2D eigenvalue weighted by molar-refractivity contribution is 5.94. The van der Waals surface area contributed by atoms with Crippen molar-refractivity contribution in [3.63, 3.8) is 0 Å². The normalized spacial score (nSPS) is 10.5. The van der Waals surface area contributed by atoms with E-state index >= 15 is 0 Å². The zero-order valence-corrected chi connectivity index (χ0v) is 11.7. The summed E-state index contributed by atoms with van der Waals surface area (Å²) in [5, 5.41) is 11.6. The van der Waals surface area contributed by atoms with Gasteiger partial charge in [-0.15, -0.1) is 0 Å². The van der Waals surface area contributed by atoms with Crippen LogP contribution in [-0.4, -0.2) is 28.1 Å². The number of hydrogen-bond acceptors (Lipinski definition) is 3. The highest BCUT2D eigenvalue weighted by atomic mass is 16.2. The van der Waals surface area contributed by atoms with E-state index in [-0.39, 0.29) is 18.1 Å². The zero-order chi connectivity index (χ0) is 14.3. The van der Waals surface area contributed by atoms with Crippen LogP contribution in [0.25, 0.3) is 0 Å². The van der Waals surface area contributed by atoms with Gasteiger partial charge in [-0.3, -0.25) is 9.78 Å². The Bertz CT molecular complexity index is 498. The zero-order valence-electron chi connectivity index (χ0n) is 11.7. The number of nitrogens with zero attached hydrogens (tertiary/aromatic N) is 1. The van der Waals surface area contributed by atoms with Gasteiger partial charge in [0.25, 0.3) is 5.91 Å². The first-order valence-electron chi connectivity index (χ1n) is 6.36. The summed E-state index contributed by atoms with van der Waals surface area (Å²) in [6, 6.07) is 1.71. The highest BCUT2D eigenvalue weighted by Crippen LogP contribution is 2.09. The second-order valence-corrected chi connectivity index (χ2v) is 4.93. The maximum Gasteiger partial charge on any atom is 0.253 e. The van der Waals surface area contributed by atoms with E-state index < -0.39 is 0 Å². The van der Waals surface area contributed by atoms with Crippen molar-refractivity contribution in [2.24, 2.45) is 0 Å². The molecule has 1 aromatic heterocycles. The first kappa shape index (κ1) is 15.2. The molecule has 19 heavy (non-hydrogen) atoms. The molecule has 0 fully saturated rings. The minimum absolute atomic E-state index is 0.0330. The van der Waals surface area contributed by atoms with E-state index in [4.69, 9.17) is 5.11 Å². The molecule has 0 spiro atoms. The largest absolute Gasteiger partial charge is 0.395 e. The molecule has 0 aliphatic rings. The lowest BCUT2D eigenvalue weighted by Gasteiger charge is -2.24. The molecule has 0 aromatic carbocycles. The highest BCUT2D eigenvalue weighted by Gasteiger charge is 2.18. The van der Waals surface area contributed by atoms with Crippen molar-refractivity contribution in [2.45, 2.75) is 39.2 Å². The van der Waals surface area contributed by atoms with Gasteiger partial charge in [-0.25, -0.2) is 0 Å². The van der Waals surface area contributed by atoms with Crippen molar-refractivity contribution in [2.75, 3.05) is 6.61 Å². The molecule has 0 bridgehead atoms. The van der Waals surface area contributed by atoms with Crippen molar-refractivity contribution in [1.82, 2.24) is 10.3 Å². The molecule has 0 saturated heterocycles. The molecule has 102 valence electrons. The molecule has 0 unspecified atom stereocenters. The van der Waals surface area contributed by atoms with Gasteiger partial charge in [-0.05, 0) is 26.3 Å². The van der Waals surface area contributed by atoms with E-state index in [1.807, 2.05) is 20.8 Å². The monoisotopic (exact) mass is 260 g/mol. The molecule has 0 aliphatic carbocycles. The summed E-state index contributed by atoms with van der Waals surface area (Å²) < 4.78 is 0. The van der Waals surface area contributed by atoms with E-state index in [1.54, 1.807) is 12.3 Å². The fourth-order valence-corrected chi connectivity index (χ4v) is 1.32. The summed E-state index contributed by atoms with van der Waals surface area (Å²) in [4.78, 5) is 16.1. The maximum atomic E-state index is 12.1. The standard InChI is InChI=1S/C15H20N2O2/c1-4-15(2,3)17-14(19)13-9-12(10-16-11-13)7-5-6-8-18/h9-11,18H,4,6,8H2,1-3H3,(H,17,19). The predicted octanol–water partition coefficient (Wildman–Crippen LogP) is 1.73. The lowest BCUT2D eigenvalue weighted by molar-refractivity contribution is 0.0911. The molecule has 0 saturated carbocycles. The maximum absolute atomic E-state index is 12.1. The molecular weight excluding hydrogens is 240 g/mol. The third-order valence-corrected chi connectivity index (χ3v) is 2.81. The Kier molecular flexibility index (Phi) is 5.53. The summed E-state index contributed by atoms with van der Waals surface area (Å²) in [5.74, 6) is 5.52. The number of rotatable bonds is 4. The van der Waals surface area contributed by atoms with Crippen LogP contribution in [0.5, 0.6) is 0 Å². The first-order chi connectivity index (χ1) is 8.98. The van der Waals surface area contributed by atoms with Crippen LogP contribution >= 0.6 is 0 Å². The first-order valence-corrected chi connectivity index (χ1v) is 6.36. The average molecular weight is 260 g/mol. The van der Waals surface area contributed by atoms with Crippen molar-refractivity contribution < 1.29 is 9.90 Å². The fraction of sp³-hybridized carbons (Fsp3) is 0.467. The second-order valence-electron chi connectivity index (χ2n) is 4.93. The Balaban J connectivity index is 2.82. The molecule has 2 N–H and O–H groups in total. The number of nitrogens with one attached hydrogen (secondary N) is 1. The molecular formula is C15H20N2O2. The number of carbonyl (C=O) groups is 1. The van der Waals surface area contributed by atoms with E-state index in [2.05, 4.69) is 22.1 Å². The molecule has 0 atom stereocenters. The van der Waals surface area contributed by atoms with Gasteiger partial charge in [0.2, 0.25) is 0 Å². The van der Waals surface area contributed by atoms with E-state index in [9.17, 15) is 4.79 Å². The van der Waals surface area contributed by atoms with Gasteiger partial charge in [-0.2, -0.15) is 0 Å². The molecule has 4 heteroatoms. The van der Waals surface area contributed by atoms with Crippen LogP contribution in [0, 0.1) is 11.8 Å². The van der Waals surface area contributed by atoms with Gasteiger partial charge < -0.3 is 10.4 Å². The van der Waals surface area contributed by atoms with E-state index in [0.29, 0.717) is 17.5 Å². The Hall–Kier alpha value is -1.86. The fourth-order valence-electron chi connectivity index (χ4n) is 1.32. The Morgan fingerprint density at radius 2 is 2.21 bits per heavy atom. The minimum Gasteiger partial charge on any atom is -0.395 e. The van der Waals surface area contributed by atoms with Gasteiger partial charge >= 0.3 is 0 Å². The second kappa shape index (κ2) is 6.91. The minimum atomic E-state index is -0.240. The topological polar surface area (TPSA) is 62.2 Å². The van der Waals surface area contributed by atoms with E-state index in [1.165, 1.54) is 6.20 Å². The van der Waals surface area contributed by atoms with Gasteiger partial charge in [0.15, 0.2) is 0 Å². The van der Waals surface area contributed by atoms with Crippen LogP contribution in [0.15, 0.2) is 18.5 Å². The van der Waals surface area contributed by atoms with Crippen molar-refractivity contribution >= 4 is 5.91 Å². The predicted molar refractivity (Wildman–Crippen MR) is 74.7 cm³/mol.